The normalized spacial score (nSPS) is 19.9. The number of piperazine rings is 1. The quantitative estimate of drug-likeness (QED) is 0.685. The van der Waals surface area contributed by atoms with Gasteiger partial charge in [-0.3, -0.25) is 10.00 Å². The fourth-order valence-corrected chi connectivity index (χ4v) is 4.80. The van der Waals surface area contributed by atoms with Crippen molar-refractivity contribution in [1.82, 2.24) is 15.1 Å². The van der Waals surface area contributed by atoms with Gasteiger partial charge in [0.2, 0.25) is 0 Å². The number of aryl methyl sites for hydroxylation is 1. The Kier molecular flexibility index (Phi) is 5.15. The highest BCUT2D eigenvalue weighted by Crippen LogP contribution is 2.32. The van der Waals surface area contributed by atoms with Crippen LogP contribution in [0, 0.1) is 0 Å². The molecule has 1 atom stereocenters. The van der Waals surface area contributed by atoms with Crippen molar-refractivity contribution in [2.75, 3.05) is 49.5 Å². The van der Waals surface area contributed by atoms with E-state index in [4.69, 9.17) is 0 Å². The predicted octanol–water partition coefficient (Wildman–Crippen LogP) is 4.24. The van der Waals surface area contributed by atoms with Crippen LogP contribution in [-0.4, -0.2) is 54.4 Å². The molecule has 5 rings (SSSR count). The Balaban J connectivity index is 1.13. The monoisotopic (exact) mass is 389 g/mol. The second-order valence-electron chi connectivity index (χ2n) is 8.56. The Morgan fingerprint density at radius 1 is 1.07 bits per heavy atom. The number of para-hydroxylation sites is 1. The van der Waals surface area contributed by atoms with E-state index in [9.17, 15) is 0 Å². The summed E-state index contributed by atoms with van der Waals surface area (Å²) in [5.74, 6) is 1.79. The van der Waals surface area contributed by atoms with Gasteiger partial charge in [-0.1, -0.05) is 31.2 Å². The molecule has 0 aliphatic carbocycles. The number of benzene rings is 2. The van der Waals surface area contributed by atoms with Gasteiger partial charge in [-0.15, -0.1) is 0 Å². The lowest BCUT2D eigenvalue weighted by Crippen LogP contribution is -2.46. The van der Waals surface area contributed by atoms with E-state index in [0.717, 1.165) is 44.1 Å². The van der Waals surface area contributed by atoms with Crippen LogP contribution >= 0.6 is 0 Å². The highest BCUT2D eigenvalue weighted by Gasteiger charge is 2.20. The number of aromatic amines is 1. The Labute approximate surface area is 173 Å². The molecule has 3 heterocycles. The maximum Gasteiger partial charge on any atom is 0.158 e. The maximum atomic E-state index is 4.56. The third-order valence-corrected chi connectivity index (χ3v) is 6.60. The lowest BCUT2D eigenvalue weighted by atomic mass is 9.90. The molecule has 0 saturated carbocycles. The first-order valence-electron chi connectivity index (χ1n) is 11.0. The van der Waals surface area contributed by atoms with Gasteiger partial charge in [-0.2, -0.15) is 5.10 Å². The number of anilines is 2. The first kappa shape index (κ1) is 18.5. The smallest absolute Gasteiger partial charge is 0.158 e. The highest BCUT2D eigenvalue weighted by molar-refractivity contribution is 5.90. The van der Waals surface area contributed by atoms with Crippen LogP contribution < -0.4 is 10.2 Å². The van der Waals surface area contributed by atoms with E-state index >= 15 is 0 Å². The lowest BCUT2D eigenvalue weighted by Gasteiger charge is -2.35. The molecule has 1 saturated heterocycles. The average molecular weight is 390 g/mol. The summed E-state index contributed by atoms with van der Waals surface area (Å²) in [4.78, 5) is 5.03. The number of nitrogens with one attached hydrogen (secondary N) is 2. The first-order chi connectivity index (χ1) is 14.3. The number of rotatable bonds is 5. The van der Waals surface area contributed by atoms with Gasteiger partial charge in [-0.25, -0.2) is 0 Å². The minimum Gasteiger partial charge on any atom is -0.385 e. The summed E-state index contributed by atoms with van der Waals surface area (Å²) in [7, 11) is 0. The lowest BCUT2D eigenvalue weighted by molar-refractivity contribution is 0.254. The van der Waals surface area contributed by atoms with Gasteiger partial charge >= 0.3 is 0 Å². The second-order valence-corrected chi connectivity index (χ2v) is 8.56. The Bertz CT molecular complexity index is 970. The second kappa shape index (κ2) is 8.07. The molecule has 0 bridgehead atoms. The molecule has 1 unspecified atom stereocenters. The van der Waals surface area contributed by atoms with E-state index in [-0.39, 0.29) is 0 Å². The molecule has 2 aromatic carbocycles. The van der Waals surface area contributed by atoms with Crippen LogP contribution in [0.2, 0.25) is 0 Å². The molecule has 5 heteroatoms. The molecule has 0 radical (unpaired) electrons. The van der Waals surface area contributed by atoms with Crippen LogP contribution in [0.3, 0.4) is 0 Å². The average Bonchev–Trinajstić information content (AvgIpc) is 3.19. The molecule has 0 amide bonds. The van der Waals surface area contributed by atoms with E-state index in [0.29, 0.717) is 5.92 Å². The minimum atomic E-state index is 0.678. The topological polar surface area (TPSA) is 47.2 Å². The zero-order valence-electron chi connectivity index (χ0n) is 17.3. The number of aromatic nitrogens is 2. The standard InChI is InChI=1S/C24H31N5/c1-18-10-11-25-22-9-8-19(17-21(18)22)5-4-12-28-13-15-29(16-14-28)24-20-6-2-3-7-23(20)26-27-24/h2-3,6-9,17-18,25H,4-5,10-16H2,1H3,(H,26,27). The predicted molar refractivity (Wildman–Crippen MR) is 121 cm³/mol. The highest BCUT2D eigenvalue weighted by atomic mass is 15.3. The van der Waals surface area contributed by atoms with Crippen LogP contribution in [0.5, 0.6) is 0 Å². The summed E-state index contributed by atoms with van der Waals surface area (Å²) in [6, 6.07) is 15.4. The van der Waals surface area contributed by atoms with Crippen LogP contribution in [0.4, 0.5) is 11.5 Å². The maximum absolute atomic E-state index is 4.56. The van der Waals surface area contributed by atoms with Crippen LogP contribution in [0.25, 0.3) is 10.9 Å². The summed E-state index contributed by atoms with van der Waals surface area (Å²) in [5.41, 5.74) is 5.46. The number of fused-ring (bicyclic) bond motifs is 2. The number of hydrogen-bond donors (Lipinski definition) is 2. The van der Waals surface area contributed by atoms with Gasteiger partial charge in [0, 0.05) is 43.8 Å². The third-order valence-electron chi connectivity index (χ3n) is 6.60. The third kappa shape index (κ3) is 3.84. The van der Waals surface area contributed by atoms with E-state index in [1.165, 1.54) is 48.0 Å². The summed E-state index contributed by atoms with van der Waals surface area (Å²) in [6.45, 7) is 8.98. The van der Waals surface area contributed by atoms with Crippen molar-refractivity contribution >= 4 is 22.4 Å². The van der Waals surface area contributed by atoms with Gasteiger partial charge < -0.3 is 10.2 Å². The number of nitrogens with zero attached hydrogens (tertiary/aromatic N) is 3. The molecule has 3 aromatic rings. The number of hydrogen-bond acceptors (Lipinski definition) is 4. The number of H-pyrrole nitrogens is 1. The fraction of sp³-hybridized carbons (Fsp3) is 0.458. The van der Waals surface area contributed by atoms with Gasteiger partial charge in [0.05, 0.1) is 5.52 Å². The summed E-state index contributed by atoms with van der Waals surface area (Å²) in [5, 5.41) is 12.5. The van der Waals surface area contributed by atoms with Gasteiger partial charge in [-0.05, 0) is 61.1 Å². The molecule has 1 fully saturated rings. The van der Waals surface area contributed by atoms with Crippen molar-refractivity contribution in [1.29, 1.82) is 0 Å². The molecule has 0 spiro atoms. The zero-order valence-corrected chi connectivity index (χ0v) is 17.3. The van der Waals surface area contributed by atoms with E-state index < -0.39 is 0 Å². The van der Waals surface area contributed by atoms with Gasteiger partial charge in [0.25, 0.3) is 0 Å². The molecular formula is C24H31N5. The first-order valence-corrected chi connectivity index (χ1v) is 11.0. The molecule has 2 N–H and O–H groups in total. The Morgan fingerprint density at radius 2 is 1.93 bits per heavy atom. The van der Waals surface area contributed by atoms with Crippen molar-refractivity contribution in [3.05, 3.63) is 53.6 Å². The summed E-state index contributed by atoms with van der Waals surface area (Å²) in [6.07, 6.45) is 3.64. The molecule has 2 aliphatic heterocycles. The van der Waals surface area contributed by atoms with Crippen LogP contribution in [-0.2, 0) is 6.42 Å². The van der Waals surface area contributed by atoms with E-state index in [2.05, 4.69) is 74.7 Å². The van der Waals surface area contributed by atoms with Crippen molar-refractivity contribution in [2.24, 2.45) is 0 Å². The molecule has 5 nitrogen and oxygen atoms in total. The minimum absolute atomic E-state index is 0.678. The Hall–Kier alpha value is -2.53. The fourth-order valence-electron chi connectivity index (χ4n) is 4.80. The van der Waals surface area contributed by atoms with Crippen LogP contribution in [0.1, 0.15) is 36.8 Å². The zero-order chi connectivity index (χ0) is 19.6. The SMILES string of the molecule is CC1CCNc2ccc(CCCN3CCN(c4n[nH]c5ccccc45)CC3)cc21. The summed E-state index contributed by atoms with van der Waals surface area (Å²) >= 11 is 0. The van der Waals surface area contributed by atoms with Crippen molar-refractivity contribution in [2.45, 2.75) is 32.1 Å². The van der Waals surface area contributed by atoms with E-state index in [1.807, 2.05) is 0 Å². The summed E-state index contributed by atoms with van der Waals surface area (Å²) < 4.78 is 0. The molecular weight excluding hydrogens is 358 g/mol. The molecule has 1 aromatic heterocycles. The van der Waals surface area contributed by atoms with Crippen molar-refractivity contribution in [3.8, 4) is 0 Å². The van der Waals surface area contributed by atoms with Crippen molar-refractivity contribution < 1.29 is 0 Å². The molecule has 29 heavy (non-hydrogen) atoms. The van der Waals surface area contributed by atoms with Crippen molar-refractivity contribution in [3.63, 3.8) is 0 Å². The molecule has 152 valence electrons. The largest absolute Gasteiger partial charge is 0.385 e. The Morgan fingerprint density at radius 3 is 2.83 bits per heavy atom. The van der Waals surface area contributed by atoms with Gasteiger partial charge in [0.1, 0.15) is 0 Å². The van der Waals surface area contributed by atoms with E-state index in [1.54, 1.807) is 0 Å². The van der Waals surface area contributed by atoms with Gasteiger partial charge in [0.15, 0.2) is 5.82 Å². The van der Waals surface area contributed by atoms with Crippen LogP contribution in [0.15, 0.2) is 42.5 Å². The molecule has 2 aliphatic rings.